The molecule has 0 saturated carbocycles. The van der Waals surface area contributed by atoms with E-state index in [1.807, 2.05) is 30.3 Å². The van der Waals surface area contributed by atoms with Crippen LogP contribution in [0.5, 0.6) is 0 Å². The van der Waals surface area contributed by atoms with Gasteiger partial charge in [0.25, 0.3) is 5.91 Å². The van der Waals surface area contributed by atoms with Crippen LogP contribution in [0.2, 0.25) is 5.02 Å². The maximum absolute atomic E-state index is 13.9. The second kappa shape index (κ2) is 6.29. The predicted octanol–water partition coefficient (Wildman–Crippen LogP) is 3.86. The topological polar surface area (TPSA) is 59.8 Å². The Morgan fingerprint density at radius 2 is 2.00 bits per heavy atom. The summed E-state index contributed by atoms with van der Waals surface area (Å²) in [5.41, 5.74) is 1.13. The number of halogens is 2. The van der Waals surface area contributed by atoms with Crippen LogP contribution in [0.1, 0.15) is 34.5 Å². The molecule has 1 atom stereocenters. The molecule has 1 aliphatic rings. The lowest BCUT2D eigenvalue weighted by molar-refractivity contribution is 0.101. The first-order valence-corrected chi connectivity index (χ1v) is 8.27. The van der Waals surface area contributed by atoms with Crippen LogP contribution in [0, 0.1) is 5.82 Å². The zero-order valence-corrected chi connectivity index (χ0v) is 13.9. The molecule has 1 aromatic heterocycles. The summed E-state index contributed by atoms with van der Waals surface area (Å²) in [5, 5.41) is 6.76. The van der Waals surface area contributed by atoms with Crippen molar-refractivity contribution in [3.8, 4) is 0 Å². The van der Waals surface area contributed by atoms with Gasteiger partial charge in [0.15, 0.2) is 5.82 Å². The van der Waals surface area contributed by atoms with Crippen LogP contribution in [0.4, 0.5) is 10.1 Å². The second-order valence-electron chi connectivity index (χ2n) is 5.82. The highest BCUT2D eigenvalue weighted by atomic mass is 35.5. The summed E-state index contributed by atoms with van der Waals surface area (Å²) in [4.78, 5) is 16.7. The van der Waals surface area contributed by atoms with E-state index in [1.165, 1.54) is 12.1 Å². The highest BCUT2D eigenvalue weighted by Crippen LogP contribution is 2.30. The molecule has 1 amide bonds. The van der Waals surface area contributed by atoms with Gasteiger partial charge in [-0.15, -0.1) is 5.10 Å². The first kappa shape index (κ1) is 15.8. The Morgan fingerprint density at radius 1 is 1.20 bits per heavy atom. The van der Waals surface area contributed by atoms with E-state index in [0.717, 1.165) is 24.2 Å². The summed E-state index contributed by atoms with van der Waals surface area (Å²) in [6.07, 6.45) is 1.63. The fraction of sp³-hybridized carbons (Fsp3) is 0.167. The molecule has 2 aromatic carbocycles. The summed E-state index contributed by atoms with van der Waals surface area (Å²) in [7, 11) is 0. The van der Waals surface area contributed by atoms with E-state index in [4.69, 9.17) is 11.6 Å². The Labute approximate surface area is 148 Å². The number of anilines is 1. The van der Waals surface area contributed by atoms with Gasteiger partial charge in [-0.3, -0.25) is 4.79 Å². The van der Waals surface area contributed by atoms with Crippen LogP contribution >= 0.6 is 11.6 Å². The summed E-state index contributed by atoms with van der Waals surface area (Å²) in [5.74, 6) is -0.457. The summed E-state index contributed by atoms with van der Waals surface area (Å²) < 4.78 is 15.7. The predicted molar refractivity (Wildman–Crippen MR) is 92.3 cm³/mol. The third-order valence-electron chi connectivity index (χ3n) is 4.23. The number of aryl methyl sites for hydroxylation is 1. The average molecular weight is 357 g/mol. The summed E-state index contributed by atoms with van der Waals surface area (Å²) in [6, 6.07) is 14.4. The molecule has 0 spiro atoms. The Bertz CT molecular complexity index is 942. The van der Waals surface area contributed by atoms with E-state index in [2.05, 4.69) is 15.4 Å². The van der Waals surface area contributed by atoms with Crippen LogP contribution in [0.15, 0.2) is 48.5 Å². The molecule has 0 unspecified atom stereocenters. The van der Waals surface area contributed by atoms with Crippen LogP contribution < -0.4 is 5.32 Å². The molecular weight excluding hydrogens is 343 g/mol. The molecule has 0 bridgehead atoms. The lowest BCUT2D eigenvalue weighted by Gasteiger charge is -2.11. The van der Waals surface area contributed by atoms with Gasteiger partial charge in [-0.25, -0.2) is 14.1 Å². The van der Waals surface area contributed by atoms with Gasteiger partial charge < -0.3 is 5.32 Å². The molecule has 126 valence electrons. The van der Waals surface area contributed by atoms with Gasteiger partial charge in [-0.2, -0.15) is 0 Å². The van der Waals surface area contributed by atoms with Gasteiger partial charge >= 0.3 is 0 Å². The number of carbonyl (C=O) groups excluding carboxylic acids is 1. The van der Waals surface area contributed by atoms with Crippen molar-refractivity contribution < 1.29 is 9.18 Å². The van der Waals surface area contributed by atoms with E-state index in [9.17, 15) is 9.18 Å². The van der Waals surface area contributed by atoms with Gasteiger partial charge in [0.05, 0.1) is 16.8 Å². The first-order valence-electron chi connectivity index (χ1n) is 7.89. The number of benzene rings is 2. The maximum atomic E-state index is 13.9. The van der Waals surface area contributed by atoms with E-state index < -0.39 is 11.7 Å². The van der Waals surface area contributed by atoms with Crippen molar-refractivity contribution in [1.82, 2.24) is 14.8 Å². The van der Waals surface area contributed by atoms with Crippen molar-refractivity contribution in [2.75, 3.05) is 5.32 Å². The molecule has 0 fully saturated rings. The number of hydrogen-bond acceptors (Lipinski definition) is 3. The number of fused-ring (bicyclic) bond motifs is 1. The Kier molecular flexibility index (Phi) is 3.97. The van der Waals surface area contributed by atoms with Crippen molar-refractivity contribution in [1.29, 1.82) is 0 Å². The third kappa shape index (κ3) is 2.89. The Balaban J connectivity index is 1.59. The van der Waals surface area contributed by atoms with Gasteiger partial charge in [0.2, 0.25) is 5.82 Å². The highest BCUT2D eigenvalue weighted by Gasteiger charge is 2.28. The van der Waals surface area contributed by atoms with Crippen molar-refractivity contribution in [3.05, 3.63) is 76.6 Å². The second-order valence-corrected chi connectivity index (χ2v) is 6.22. The van der Waals surface area contributed by atoms with Crippen molar-refractivity contribution in [2.45, 2.75) is 18.9 Å². The monoisotopic (exact) mass is 356 g/mol. The normalized spacial score (nSPS) is 15.8. The molecule has 7 heteroatoms. The number of carbonyl (C=O) groups is 1. The fourth-order valence-electron chi connectivity index (χ4n) is 3.02. The van der Waals surface area contributed by atoms with Gasteiger partial charge in [-0.05, 0) is 24.1 Å². The van der Waals surface area contributed by atoms with Gasteiger partial charge in [0.1, 0.15) is 5.82 Å². The standard InChI is InChI=1S/C18H14ClFN4O/c19-12-7-4-8-13(16(12)20)21-18(25)17-22-15-10-9-14(24(15)23-17)11-5-2-1-3-6-11/h1-8,14H,9-10H2,(H,21,25)/t14-/m0/s1. The first-order chi connectivity index (χ1) is 12.1. The Morgan fingerprint density at radius 3 is 2.80 bits per heavy atom. The van der Waals surface area contributed by atoms with E-state index in [1.54, 1.807) is 10.7 Å². The molecule has 1 aliphatic heterocycles. The van der Waals surface area contributed by atoms with Crippen molar-refractivity contribution in [3.63, 3.8) is 0 Å². The number of hydrogen-bond donors (Lipinski definition) is 1. The zero-order chi connectivity index (χ0) is 17.4. The van der Waals surface area contributed by atoms with Crippen LogP contribution in [0.3, 0.4) is 0 Å². The fourth-order valence-corrected chi connectivity index (χ4v) is 3.20. The maximum Gasteiger partial charge on any atom is 0.295 e. The van der Waals surface area contributed by atoms with E-state index in [-0.39, 0.29) is 22.6 Å². The molecule has 0 radical (unpaired) electrons. The summed E-state index contributed by atoms with van der Waals surface area (Å²) in [6.45, 7) is 0. The van der Waals surface area contributed by atoms with Crippen LogP contribution in [0.25, 0.3) is 0 Å². The van der Waals surface area contributed by atoms with E-state index >= 15 is 0 Å². The Hall–Kier alpha value is -2.73. The number of rotatable bonds is 3. The van der Waals surface area contributed by atoms with E-state index in [0.29, 0.717) is 0 Å². The van der Waals surface area contributed by atoms with Crippen LogP contribution in [-0.4, -0.2) is 20.7 Å². The third-order valence-corrected chi connectivity index (χ3v) is 4.52. The minimum absolute atomic E-state index is 0.00655. The zero-order valence-electron chi connectivity index (χ0n) is 13.1. The molecule has 1 N–H and O–H groups in total. The largest absolute Gasteiger partial charge is 0.317 e. The lowest BCUT2D eigenvalue weighted by Crippen LogP contribution is -2.16. The molecule has 4 rings (SSSR count). The highest BCUT2D eigenvalue weighted by molar-refractivity contribution is 6.31. The molecule has 2 heterocycles. The molecule has 5 nitrogen and oxygen atoms in total. The van der Waals surface area contributed by atoms with Crippen molar-refractivity contribution >= 4 is 23.2 Å². The molecule has 3 aromatic rings. The van der Waals surface area contributed by atoms with Gasteiger partial charge in [0, 0.05) is 6.42 Å². The molecule has 0 saturated heterocycles. The quantitative estimate of drug-likeness (QED) is 0.775. The number of aromatic nitrogens is 3. The van der Waals surface area contributed by atoms with Crippen molar-refractivity contribution in [2.24, 2.45) is 0 Å². The van der Waals surface area contributed by atoms with Crippen LogP contribution in [-0.2, 0) is 6.42 Å². The number of nitrogens with zero attached hydrogens (tertiary/aromatic N) is 3. The molecule has 0 aliphatic carbocycles. The van der Waals surface area contributed by atoms with Gasteiger partial charge in [-0.1, -0.05) is 48.0 Å². The smallest absolute Gasteiger partial charge is 0.295 e. The SMILES string of the molecule is O=C(Nc1cccc(Cl)c1F)c1nc2n(n1)[C@H](c1ccccc1)CC2. The molecule has 25 heavy (non-hydrogen) atoms. The minimum Gasteiger partial charge on any atom is -0.317 e. The number of nitrogens with one attached hydrogen (secondary N) is 1. The molecular formula is C18H14ClFN4O. The number of amides is 1. The average Bonchev–Trinajstić information content (AvgIpc) is 3.20. The minimum atomic E-state index is -0.675. The lowest BCUT2D eigenvalue weighted by atomic mass is 10.1. The summed E-state index contributed by atoms with van der Waals surface area (Å²) >= 11 is 5.73.